The minimum Gasteiger partial charge on any atom is -0.396 e. The van der Waals surface area contributed by atoms with Gasteiger partial charge in [0.15, 0.2) is 0 Å². The number of non-ortho nitro benzene ring substituents is 1. The van der Waals surface area contributed by atoms with Gasteiger partial charge in [0.2, 0.25) is 0 Å². The zero-order valence-electron chi connectivity index (χ0n) is 7.77. The molecule has 0 aliphatic rings. The average molecular weight is 213 g/mol. The van der Waals surface area contributed by atoms with Gasteiger partial charge in [0.25, 0.3) is 5.69 Å². The molecular formula is C9H11NO3S. The van der Waals surface area contributed by atoms with E-state index in [4.69, 9.17) is 5.11 Å². The molecule has 1 aromatic rings. The van der Waals surface area contributed by atoms with E-state index < -0.39 is 4.92 Å². The maximum atomic E-state index is 10.5. The number of aryl methyl sites for hydroxylation is 1. The summed E-state index contributed by atoms with van der Waals surface area (Å²) < 4.78 is 0. The molecule has 0 saturated heterocycles. The first kappa shape index (κ1) is 11.0. The van der Waals surface area contributed by atoms with Crippen LogP contribution in [0.3, 0.4) is 0 Å². The van der Waals surface area contributed by atoms with Crippen LogP contribution in [0.25, 0.3) is 0 Å². The first-order chi connectivity index (χ1) is 6.65. The highest BCUT2D eigenvalue weighted by Gasteiger charge is 2.08. The monoisotopic (exact) mass is 213 g/mol. The molecule has 0 bridgehead atoms. The Bertz CT molecular complexity index is 341. The number of nitro benzene ring substituents is 1. The summed E-state index contributed by atoms with van der Waals surface area (Å²) in [7, 11) is 0. The molecule has 0 aliphatic carbocycles. The maximum absolute atomic E-state index is 10.5. The van der Waals surface area contributed by atoms with Crippen LogP contribution in [0.5, 0.6) is 0 Å². The number of hydrogen-bond acceptors (Lipinski definition) is 4. The Morgan fingerprint density at radius 2 is 2.29 bits per heavy atom. The molecule has 14 heavy (non-hydrogen) atoms. The molecule has 0 aromatic heterocycles. The van der Waals surface area contributed by atoms with Crippen LogP contribution in [-0.4, -0.2) is 22.4 Å². The number of thioether (sulfide) groups is 1. The number of nitro groups is 1. The van der Waals surface area contributed by atoms with E-state index in [1.54, 1.807) is 6.07 Å². The molecule has 76 valence electrons. The van der Waals surface area contributed by atoms with Gasteiger partial charge < -0.3 is 5.11 Å². The quantitative estimate of drug-likeness (QED) is 0.472. The van der Waals surface area contributed by atoms with Crippen LogP contribution in [0.4, 0.5) is 5.69 Å². The second-order valence-corrected chi connectivity index (χ2v) is 3.92. The van der Waals surface area contributed by atoms with Crippen molar-refractivity contribution in [1.29, 1.82) is 0 Å². The van der Waals surface area contributed by atoms with E-state index in [1.165, 1.54) is 23.9 Å². The van der Waals surface area contributed by atoms with Gasteiger partial charge in [0.1, 0.15) is 0 Å². The van der Waals surface area contributed by atoms with Gasteiger partial charge in [-0.2, -0.15) is 0 Å². The van der Waals surface area contributed by atoms with Crippen LogP contribution in [0.2, 0.25) is 0 Å². The number of benzene rings is 1. The van der Waals surface area contributed by atoms with E-state index in [1.807, 2.05) is 6.92 Å². The third kappa shape index (κ3) is 2.71. The molecule has 0 saturated carbocycles. The highest BCUT2D eigenvalue weighted by molar-refractivity contribution is 7.99. The number of aliphatic hydroxyl groups excluding tert-OH is 1. The molecule has 0 radical (unpaired) electrons. The zero-order chi connectivity index (χ0) is 10.6. The van der Waals surface area contributed by atoms with E-state index in [0.717, 1.165) is 10.5 Å². The van der Waals surface area contributed by atoms with Crippen LogP contribution in [0.1, 0.15) is 5.56 Å². The van der Waals surface area contributed by atoms with Crippen LogP contribution < -0.4 is 0 Å². The lowest BCUT2D eigenvalue weighted by Crippen LogP contribution is -1.91. The normalized spacial score (nSPS) is 10.1. The van der Waals surface area contributed by atoms with Gasteiger partial charge in [0.05, 0.1) is 11.5 Å². The molecule has 1 aromatic carbocycles. The van der Waals surface area contributed by atoms with Crippen LogP contribution >= 0.6 is 11.8 Å². The third-order valence-electron chi connectivity index (χ3n) is 1.73. The highest BCUT2D eigenvalue weighted by atomic mass is 32.2. The summed E-state index contributed by atoms with van der Waals surface area (Å²) in [5, 5.41) is 19.1. The predicted molar refractivity (Wildman–Crippen MR) is 55.6 cm³/mol. The second-order valence-electron chi connectivity index (χ2n) is 2.78. The van der Waals surface area contributed by atoms with Crippen molar-refractivity contribution in [3.05, 3.63) is 33.9 Å². The Hall–Kier alpha value is -1.07. The summed E-state index contributed by atoms with van der Waals surface area (Å²) in [6.07, 6.45) is 0. The summed E-state index contributed by atoms with van der Waals surface area (Å²) in [5.41, 5.74) is 1.09. The van der Waals surface area contributed by atoms with Gasteiger partial charge >= 0.3 is 0 Å². The molecule has 0 amide bonds. The number of nitrogens with zero attached hydrogens (tertiary/aromatic N) is 1. The fourth-order valence-electron chi connectivity index (χ4n) is 1.01. The van der Waals surface area contributed by atoms with Gasteiger partial charge in [-0.05, 0) is 12.5 Å². The average Bonchev–Trinajstić information content (AvgIpc) is 2.16. The number of hydrogen-bond donors (Lipinski definition) is 1. The van der Waals surface area contributed by atoms with Crippen molar-refractivity contribution in [3.8, 4) is 0 Å². The first-order valence-electron chi connectivity index (χ1n) is 4.14. The standard InChI is InChI=1S/C9H11NO3S/c1-7-2-3-8(10(12)13)6-9(7)14-5-4-11/h2-3,6,11H,4-5H2,1H3. The first-order valence-corrected chi connectivity index (χ1v) is 5.12. The maximum Gasteiger partial charge on any atom is 0.270 e. The Kier molecular flexibility index (Phi) is 3.91. The fraction of sp³-hybridized carbons (Fsp3) is 0.333. The molecule has 0 unspecified atom stereocenters. The summed E-state index contributed by atoms with van der Waals surface area (Å²) >= 11 is 1.42. The molecule has 1 N–H and O–H groups in total. The molecule has 0 aliphatic heterocycles. The van der Waals surface area contributed by atoms with Crippen LogP contribution in [-0.2, 0) is 0 Å². The van der Waals surface area contributed by atoms with Gasteiger partial charge in [-0.1, -0.05) is 6.07 Å². The van der Waals surface area contributed by atoms with Crippen molar-refractivity contribution in [2.45, 2.75) is 11.8 Å². The molecule has 0 spiro atoms. The summed E-state index contributed by atoms with van der Waals surface area (Å²) in [4.78, 5) is 10.9. The topological polar surface area (TPSA) is 63.4 Å². The molecule has 0 fully saturated rings. The lowest BCUT2D eigenvalue weighted by atomic mass is 10.2. The van der Waals surface area contributed by atoms with E-state index in [2.05, 4.69) is 0 Å². The van der Waals surface area contributed by atoms with E-state index >= 15 is 0 Å². The SMILES string of the molecule is Cc1ccc([N+](=O)[O-])cc1SCCO. The minimum atomic E-state index is -0.414. The molecular weight excluding hydrogens is 202 g/mol. The lowest BCUT2D eigenvalue weighted by Gasteiger charge is -2.03. The summed E-state index contributed by atoms with van der Waals surface area (Å²) in [5.74, 6) is 0.558. The number of rotatable bonds is 4. The van der Waals surface area contributed by atoms with Crippen molar-refractivity contribution in [3.63, 3.8) is 0 Å². The van der Waals surface area contributed by atoms with Gasteiger partial charge in [-0.15, -0.1) is 11.8 Å². The lowest BCUT2D eigenvalue weighted by molar-refractivity contribution is -0.385. The Morgan fingerprint density at radius 1 is 1.57 bits per heavy atom. The second kappa shape index (κ2) is 4.97. The molecule has 0 heterocycles. The third-order valence-corrected chi connectivity index (χ3v) is 2.87. The van der Waals surface area contributed by atoms with Crippen molar-refractivity contribution in [1.82, 2.24) is 0 Å². The summed E-state index contributed by atoms with van der Waals surface area (Å²) in [6, 6.07) is 4.74. The molecule has 4 nitrogen and oxygen atoms in total. The van der Waals surface area contributed by atoms with Crippen molar-refractivity contribution in [2.24, 2.45) is 0 Å². The minimum absolute atomic E-state index is 0.0762. The fourth-order valence-corrected chi connectivity index (χ4v) is 1.82. The van der Waals surface area contributed by atoms with Crippen molar-refractivity contribution in [2.75, 3.05) is 12.4 Å². The van der Waals surface area contributed by atoms with Gasteiger partial charge in [-0.25, -0.2) is 0 Å². The Morgan fingerprint density at radius 3 is 2.86 bits per heavy atom. The number of aliphatic hydroxyl groups is 1. The van der Waals surface area contributed by atoms with E-state index in [0.29, 0.717) is 5.75 Å². The van der Waals surface area contributed by atoms with Crippen LogP contribution in [0.15, 0.2) is 23.1 Å². The molecule has 5 heteroatoms. The van der Waals surface area contributed by atoms with E-state index in [9.17, 15) is 10.1 Å². The smallest absolute Gasteiger partial charge is 0.270 e. The molecule has 1 rings (SSSR count). The Labute approximate surface area is 86.1 Å². The highest BCUT2D eigenvalue weighted by Crippen LogP contribution is 2.26. The van der Waals surface area contributed by atoms with Gasteiger partial charge in [0, 0.05) is 22.8 Å². The van der Waals surface area contributed by atoms with Crippen molar-refractivity contribution >= 4 is 17.4 Å². The largest absolute Gasteiger partial charge is 0.396 e. The predicted octanol–water partition coefficient (Wildman–Crippen LogP) is 1.99. The summed E-state index contributed by atoms with van der Waals surface area (Å²) in [6.45, 7) is 1.97. The van der Waals surface area contributed by atoms with Gasteiger partial charge in [-0.3, -0.25) is 10.1 Å². The van der Waals surface area contributed by atoms with Crippen LogP contribution in [0, 0.1) is 17.0 Å². The Balaban J connectivity index is 2.90. The van der Waals surface area contributed by atoms with Crippen molar-refractivity contribution < 1.29 is 10.0 Å². The molecule has 0 atom stereocenters. The van der Waals surface area contributed by atoms with E-state index in [-0.39, 0.29) is 12.3 Å². The zero-order valence-corrected chi connectivity index (χ0v) is 8.58.